The lowest BCUT2D eigenvalue weighted by Gasteiger charge is -2.28. The molecule has 0 aliphatic carbocycles. The molecule has 0 saturated carbocycles. The highest BCUT2D eigenvalue weighted by atomic mass is 32.2. The number of hydrogen-bond donors (Lipinski definition) is 0. The van der Waals surface area contributed by atoms with Crippen LogP contribution in [0.2, 0.25) is 0 Å². The quantitative estimate of drug-likeness (QED) is 0.269. The molecule has 42 heavy (non-hydrogen) atoms. The molecule has 9 nitrogen and oxygen atoms in total. The number of Topliss-reactive ketones (excluding diaryl/α,β-unsaturated/α-hetero) is 1. The third-order valence-electron chi connectivity index (χ3n) is 7.53. The van der Waals surface area contributed by atoms with Crippen molar-refractivity contribution >= 4 is 33.6 Å². The number of carbonyl (C=O) groups is 1. The first-order valence-corrected chi connectivity index (χ1v) is 15.0. The lowest BCUT2D eigenvalue weighted by Crippen LogP contribution is -2.37. The molecule has 2 fully saturated rings. The van der Waals surface area contributed by atoms with Gasteiger partial charge in [0.05, 0.1) is 19.3 Å². The number of aromatic nitrogens is 1. The third kappa shape index (κ3) is 6.87. The van der Waals surface area contributed by atoms with Crippen LogP contribution in [0.15, 0.2) is 76.4 Å². The zero-order valence-corrected chi connectivity index (χ0v) is 24.0. The SMILES string of the molecule is O.O=C(CCc1cccc(OCc2ccnc(N3CCOCC3)c2)c1)[C@@H]1CCCN1S(=O)c1cc2cc(F)ccc2o1. The van der Waals surface area contributed by atoms with E-state index in [9.17, 15) is 13.4 Å². The molecule has 4 heterocycles. The van der Waals surface area contributed by atoms with Gasteiger partial charge in [0.25, 0.3) is 0 Å². The Morgan fingerprint density at radius 2 is 1.90 bits per heavy atom. The van der Waals surface area contributed by atoms with E-state index in [1.54, 1.807) is 16.6 Å². The van der Waals surface area contributed by atoms with Gasteiger partial charge in [0.15, 0.2) is 16.8 Å². The van der Waals surface area contributed by atoms with Crippen molar-refractivity contribution in [2.24, 2.45) is 0 Å². The number of furan rings is 1. The van der Waals surface area contributed by atoms with E-state index in [4.69, 9.17) is 13.9 Å². The highest BCUT2D eigenvalue weighted by Gasteiger charge is 2.35. The molecule has 2 aromatic carbocycles. The average Bonchev–Trinajstić information content (AvgIpc) is 3.67. The monoisotopic (exact) mass is 595 g/mol. The number of pyridine rings is 1. The zero-order chi connectivity index (χ0) is 28.2. The van der Waals surface area contributed by atoms with Gasteiger partial charge in [-0.25, -0.2) is 17.9 Å². The van der Waals surface area contributed by atoms with Crippen LogP contribution < -0.4 is 9.64 Å². The van der Waals surface area contributed by atoms with Gasteiger partial charge in [-0.05, 0) is 72.9 Å². The Labute approximate surface area is 246 Å². The van der Waals surface area contributed by atoms with Crippen LogP contribution in [0.25, 0.3) is 11.0 Å². The Morgan fingerprint density at radius 3 is 2.76 bits per heavy atom. The second kappa shape index (κ2) is 13.6. The molecule has 222 valence electrons. The number of ketones is 1. The lowest BCUT2D eigenvalue weighted by atomic mass is 10.0. The van der Waals surface area contributed by atoms with E-state index in [-0.39, 0.29) is 22.2 Å². The summed E-state index contributed by atoms with van der Waals surface area (Å²) in [6, 6.07) is 17.1. The normalized spacial score (nSPS) is 18.1. The van der Waals surface area contributed by atoms with Crippen molar-refractivity contribution in [3.05, 3.63) is 83.8 Å². The van der Waals surface area contributed by atoms with E-state index in [0.29, 0.717) is 56.6 Å². The van der Waals surface area contributed by atoms with Gasteiger partial charge in [-0.1, -0.05) is 12.1 Å². The van der Waals surface area contributed by atoms with E-state index in [1.807, 2.05) is 30.3 Å². The molecule has 4 aromatic rings. The summed E-state index contributed by atoms with van der Waals surface area (Å²) in [6.45, 7) is 4.02. The standard InChI is InChI=1S/C31H32FN3O5S.H2O/c32-25-7-9-29-24(19-25)20-31(40-29)41(37)35-12-2-5-27(35)28(36)8-6-22-3-1-4-26(17-22)39-21-23-10-11-33-30(18-23)34-13-15-38-16-14-34;/h1,3-4,7,9-11,17-20,27H,2,5-6,8,12-16,21H2;1H2/t27-,41?;/m0./s1. The number of anilines is 1. The van der Waals surface area contributed by atoms with Gasteiger partial charge >= 0.3 is 0 Å². The molecule has 2 aromatic heterocycles. The van der Waals surface area contributed by atoms with E-state index in [2.05, 4.69) is 16.0 Å². The van der Waals surface area contributed by atoms with Gasteiger partial charge in [-0.2, -0.15) is 0 Å². The fraction of sp³-hybridized carbons (Fsp3) is 0.355. The van der Waals surface area contributed by atoms with E-state index >= 15 is 0 Å². The van der Waals surface area contributed by atoms with Crippen LogP contribution in [-0.2, 0) is 33.5 Å². The molecular formula is C31H34FN3O6S. The smallest absolute Gasteiger partial charge is 0.207 e. The molecule has 0 amide bonds. The minimum absolute atomic E-state index is 0. The van der Waals surface area contributed by atoms with Crippen molar-refractivity contribution in [2.75, 3.05) is 37.7 Å². The third-order valence-corrected chi connectivity index (χ3v) is 8.93. The number of nitrogens with zero attached hydrogens (tertiary/aromatic N) is 3. The molecule has 2 aliphatic rings. The average molecular weight is 596 g/mol. The Hall–Kier alpha value is -3.64. The first-order chi connectivity index (χ1) is 20.0. The van der Waals surface area contributed by atoms with E-state index in [0.717, 1.165) is 42.2 Å². The largest absolute Gasteiger partial charge is 0.489 e. The van der Waals surface area contributed by atoms with Crippen molar-refractivity contribution in [1.29, 1.82) is 0 Å². The predicted molar refractivity (Wildman–Crippen MR) is 157 cm³/mol. The van der Waals surface area contributed by atoms with Gasteiger partial charge in [-0.3, -0.25) is 4.79 Å². The van der Waals surface area contributed by atoms with Crippen LogP contribution in [-0.4, -0.2) is 63.6 Å². The summed E-state index contributed by atoms with van der Waals surface area (Å²) in [4.78, 5) is 19.9. The Morgan fingerprint density at radius 1 is 1.05 bits per heavy atom. The first kappa shape index (κ1) is 29.8. The van der Waals surface area contributed by atoms with Crippen LogP contribution >= 0.6 is 0 Å². The number of aryl methyl sites for hydroxylation is 1. The van der Waals surface area contributed by atoms with Gasteiger partial charge in [0.1, 0.15) is 29.6 Å². The first-order valence-electron chi connectivity index (χ1n) is 13.9. The summed E-state index contributed by atoms with van der Waals surface area (Å²) in [5.74, 6) is 1.34. The van der Waals surface area contributed by atoms with Crippen LogP contribution in [0.4, 0.5) is 10.2 Å². The maximum Gasteiger partial charge on any atom is 0.207 e. The maximum absolute atomic E-state index is 13.6. The summed E-state index contributed by atoms with van der Waals surface area (Å²) in [7, 11) is -1.64. The fourth-order valence-corrected chi connectivity index (χ4v) is 6.73. The van der Waals surface area contributed by atoms with Crippen LogP contribution in [0.3, 0.4) is 0 Å². The second-order valence-corrected chi connectivity index (χ2v) is 11.7. The predicted octanol–water partition coefficient (Wildman–Crippen LogP) is 4.25. The molecule has 2 aliphatic heterocycles. The molecule has 6 rings (SSSR count). The van der Waals surface area contributed by atoms with Crippen molar-refractivity contribution in [2.45, 2.75) is 43.4 Å². The Bertz CT molecular complexity index is 1560. The number of rotatable bonds is 10. The van der Waals surface area contributed by atoms with Crippen LogP contribution in [0, 0.1) is 5.82 Å². The number of fused-ring (bicyclic) bond motifs is 1. The highest BCUT2D eigenvalue weighted by Crippen LogP contribution is 2.29. The minimum Gasteiger partial charge on any atom is -0.489 e. The Balaban J connectivity index is 0.00000353. The number of halogens is 1. The summed E-state index contributed by atoms with van der Waals surface area (Å²) in [5, 5.41) is 0.792. The lowest BCUT2D eigenvalue weighted by molar-refractivity contribution is -0.122. The molecule has 2 N–H and O–H groups in total. The zero-order valence-electron chi connectivity index (χ0n) is 23.2. The molecule has 0 bridgehead atoms. The van der Waals surface area contributed by atoms with Crippen LogP contribution in [0.5, 0.6) is 5.75 Å². The topological polar surface area (TPSA) is 117 Å². The van der Waals surface area contributed by atoms with Crippen molar-refractivity contribution in [3.63, 3.8) is 0 Å². The molecule has 0 radical (unpaired) electrons. The van der Waals surface area contributed by atoms with Gasteiger partial charge in [0, 0.05) is 43.7 Å². The van der Waals surface area contributed by atoms with Gasteiger partial charge in [0.2, 0.25) is 5.09 Å². The number of hydrogen-bond acceptors (Lipinski definition) is 7. The highest BCUT2D eigenvalue weighted by molar-refractivity contribution is 7.82. The van der Waals surface area contributed by atoms with Gasteiger partial charge in [-0.15, -0.1) is 0 Å². The molecular weight excluding hydrogens is 561 g/mol. The molecule has 11 heteroatoms. The molecule has 2 saturated heterocycles. The summed E-state index contributed by atoms with van der Waals surface area (Å²) >= 11 is 0. The molecule has 1 unspecified atom stereocenters. The van der Waals surface area contributed by atoms with Crippen molar-refractivity contribution in [3.8, 4) is 5.75 Å². The number of morpholine rings is 1. The summed E-state index contributed by atoms with van der Waals surface area (Å²) in [6.07, 6.45) is 4.14. The van der Waals surface area contributed by atoms with Gasteiger partial charge < -0.3 is 24.3 Å². The maximum atomic E-state index is 13.6. The molecule has 0 spiro atoms. The fourth-order valence-electron chi connectivity index (χ4n) is 5.36. The summed E-state index contributed by atoms with van der Waals surface area (Å²) < 4.78 is 45.8. The number of carbonyl (C=O) groups excluding carboxylic acids is 1. The number of ether oxygens (including phenoxy) is 2. The Kier molecular flexibility index (Phi) is 9.63. The summed E-state index contributed by atoms with van der Waals surface area (Å²) in [5.41, 5.74) is 2.51. The van der Waals surface area contributed by atoms with Crippen molar-refractivity contribution in [1.82, 2.24) is 9.29 Å². The van der Waals surface area contributed by atoms with Crippen molar-refractivity contribution < 1.29 is 32.8 Å². The second-order valence-electron chi connectivity index (χ2n) is 10.3. The van der Waals surface area contributed by atoms with E-state index < -0.39 is 17.0 Å². The van der Waals surface area contributed by atoms with Crippen LogP contribution in [0.1, 0.15) is 30.4 Å². The minimum atomic E-state index is -1.64. The molecule has 2 atom stereocenters. The number of benzene rings is 2. The van der Waals surface area contributed by atoms with E-state index in [1.165, 1.54) is 18.2 Å².